The fourth-order valence-electron chi connectivity index (χ4n) is 2.21. The second-order valence-corrected chi connectivity index (χ2v) is 5.24. The molecular formula is C17H16FN5O2. The Balaban J connectivity index is 1.61. The van der Waals surface area contributed by atoms with Crippen LogP contribution in [0.15, 0.2) is 48.5 Å². The van der Waals surface area contributed by atoms with Crippen molar-refractivity contribution in [2.24, 2.45) is 0 Å². The summed E-state index contributed by atoms with van der Waals surface area (Å²) in [5, 5.41) is 14.6. The zero-order valence-corrected chi connectivity index (χ0v) is 13.5. The van der Waals surface area contributed by atoms with Gasteiger partial charge in [0.15, 0.2) is 0 Å². The summed E-state index contributed by atoms with van der Waals surface area (Å²) in [4.78, 5) is 13.1. The van der Waals surface area contributed by atoms with E-state index in [1.165, 1.54) is 10.9 Å². The van der Waals surface area contributed by atoms with Gasteiger partial charge in [-0.1, -0.05) is 30.3 Å². The first kappa shape index (κ1) is 16.6. The molecule has 0 fully saturated rings. The number of nitrogens with zero attached hydrogens (tertiary/aromatic N) is 4. The molecule has 0 aliphatic rings. The number of hydrogen-bond donors (Lipinski definition) is 1. The van der Waals surface area contributed by atoms with Crippen LogP contribution in [-0.4, -0.2) is 33.2 Å². The molecule has 7 nitrogen and oxygen atoms in total. The van der Waals surface area contributed by atoms with E-state index < -0.39 is 0 Å². The lowest BCUT2D eigenvalue weighted by atomic mass is 10.2. The maximum atomic E-state index is 13.5. The quantitative estimate of drug-likeness (QED) is 0.739. The van der Waals surface area contributed by atoms with Crippen LogP contribution in [-0.2, 0) is 17.9 Å². The van der Waals surface area contributed by atoms with E-state index in [4.69, 9.17) is 4.74 Å². The average Bonchev–Trinajstić information content (AvgIpc) is 3.09. The van der Waals surface area contributed by atoms with Gasteiger partial charge < -0.3 is 10.1 Å². The SMILES string of the molecule is COc1cccc(-c2nnn(CC(=O)NCc3ccccc3F)n2)c1. The van der Waals surface area contributed by atoms with Crippen molar-refractivity contribution >= 4 is 5.91 Å². The van der Waals surface area contributed by atoms with Crippen molar-refractivity contribution in [1.82, 2.24) is 25.5 Å². The fourth-order valence-corrected chi connectivity index (χ4v) is 2.21. The molecule has 1 amide bonds. The third kappa shape index (κ3) is 4.17. The molecular weight excluding hydrogens is 325 g/mol. The van der Waals surface area contributed by atoms with Gasteiger partial charge in [0.05, 0.1) is 7.11 Å². The maximum absolute atomic E-state index is 13.5. The lowest BCUT2D eigenvalue weighted by molar-refractivity contribution is -0.122. The summed E-state index contributed by atoms with van der Waals surface area (Å²) >= 11 is 0. The van der Waals surface area contributed by atoms with E-state index in [0.29, 0.717) is 17.1 Å². The van der Waals surface area contributed by atoms with E-state index in [1.54, 1.807) is 31.4 Å². The van der Waals surface area contributed by atoms with E-state index in [2.05, 4.69) is 20.7 Å². The summed E-state index contributed by atoms with van der Waals surface area (Å²) in [5.41, 5.74) is 1.15. The van der Waals surface area contributed by atoms with Crippen molar-refractivity contribution < 1.29 is 13.9 Å². The lowest BCUT2D eigenvalue weighted by Crippen LogP contribution is -2.28. The highest BCUT2D eigenvalue weighted by Gasteiger charge is 2.10. The van der Waals surface area contributed by atoms with Gasteiger partial charge in [-0.2, -0.15) is 4.80 Å². The van der Waals surface area contributed by atoms with Crippen molar-refractivity contribution in [1.29, 1.82) is 0 Å². The predicted octanol–water partition coefficient (Wildman–Crippen LogP) is 1.80. The molecule has 1 heterocycles. The first-order valence-electron chi connectivity index (χ1n) is 7.58. The van der Waals surface area contributed by atoms with Crippen LogP contribution in [0, 0.1) is 5.82 Å². The number of methoxy groups -OCH3 is 1. The lowest BCUT2D eigenvalue weighted by Gasteiger charge is -2.05. The minimum absolute atomic E-state index is 0.100. The Labute approximate surface area is 143 Å². The molecule has 0 unspecified atom stereocenters. The number of benzene rings is 2. The number of ether oxygens (including phenoxy) is 1. The number of aromatic nitrogens is 4. The minimum atomic E-state index is -0.359. The van der Waals surface area contributed by atoms with Gasteiger partial charge in [-0.25, -0.2) is 4.39 Å². The van der Waals surface area contributed by atoms with E-state index in [1.807, 2.05) is 18.2 Å². The van der Waals surface area contributed by atoms with E-state index >= 15 is 0 Å². The molecule has 2 aromatic carbocycles. The van der Waals surface area contributed by atoms with Crippen molar-refractivity contribution in [2.75, 3.05) is 7.11 Å². The summed E-state index contributed by atoms with van der Waals surface area (Å²) in [5.74, 6) is 0.372. The van der Waals surface area contributed by atoms with Gasteiger partial charge >= 0.3 is 0 Å². The highest BCUT2D eigenvalue weighted by molar-refractivity contribution is 5.75. The summed E-state index contributed by atoms with van der Waals surface area (Å²) in [7, 11) is 1.57. The molecule has 128 valence electrons. The van der Waals surface area contributed by atoms with Crippen LogP contribution in [0.25, 0.3) is 11.4 Å². The second kappa shape index (κ2) is 7.52. The molecule has 0 radical (unpaired) electrons. The van der Waals surface area contributed by atoms with Gasteiger partial charge in [0.25, 0.3) is 0 Å². The molecule has 0 aliphatic carbocycles. The number of amides is 1. The van der Waals surface area contributed by atoms with Gasteiger partial charge in [0, 0.05) is 17.7 Å². The monoisotopic (exact) mass is 341 g/mol. The highest BCUT2D eigenvalue weighted by Crippen LogP contribution is 2.19. The van der Waals surface area contributed by atoms with Gasteiger partial charge in [-0.05, 0) is 23.4 Å². The normalized spacial score (nSPS) is 10.5. The van der Waals surface area contributed by atoms with Crippen LogP contribution in [0.5, 0.6) is 5.75 Å². The van der Waals surface area contributed by atoms with Crippen LogP contribution < -0.4 is 10.1 Å². The van der Waals surface area contributed by atoms with E-state index in [0.717, 1.165) is 5.56 Å². The molecule has 8 heteroatoms. The summed E-state index contributed by atoms with van der Waals surface area (Å²) in [6.07, 6.45) is 0. The molecule has 0 aliphatic heterocycles. The molecule has 1 N–H and O–H groups in total. The number of nitrogens with one attached hydrogen (secondary N) is 1. The van der Waals surface area contributed by atoms with Crippen LogP contribution in [0.4, 0.5) is 4.39 Å². The van der Waals surface area contributed by atoms with Gasteiger partial charge in [-0.15, -0.1) is 10.2 Å². The largest absolute Gasteiger partial charge is 0.497 e. The first-order chi connectivity index (χ1) is 12.2. The van der Waals surface area contributed by atoms with Gasteiger partial charge in [0.2, 0.25) is 11.7 Å². The number of halogens is 1. The molecule has 0 saturated carbocycles. The Bertz CT molecular complexity index is 881. The number of tetrazole rings is 1. The maximum Gasteiger partial charge on any atom is 0.243 e. The topological polar surface area (TPSA) is 81.9 Å². The van der Waals surface area contributed by atoms with Crippen molar-refractivity contribution in [2.45, 2.75) is 13.1 Å². The Morgan fingerprint density at radius 2 is 2.08 bits per heavy atom. The fraction of sp³-hybridized carbons (Fsp3) is 0.176. The number of hydrogen-bond acceptors (Lipinski definition) is 5. The Morgan fingerprint density at radius 3 is 2.88 bits per heavy atom. The zero-order chi connectivity index (χ0) is 17.6. The molecule has 3 aromatic rings. The van der Waals surface area contributed by atoms with Gasteiger partial charge in [0.1, 0.15) is 18.1 Å². The van der Waals surface area contributed by atoms with Crippen LogP contribution >= 0.6 is 0 Å². The van der Waals surface area contributed by atoms with Crippen molar-refractivity contribution in [3.63, 3.8) is 0 Å². The van der Waals surface area contributed by atoms with E-state index in [9.17, 15) is 9.18 Å². The highest BCUT2D eigenvalue weighted by atomic mass is 19.1. The smallest absolute Gasteiger partial charge is 0.243 e. The number of carbonyl (C=O) groups is 1. The Kier molecular flexibility index (Phi) is 4.98. The summed E-state index contributed by atoms with van der Waals surface area (Å²) < 4.78 is 18.7. The first-order valence-corrected chi connectivity index (χ1v) is 7.58. The summed E-state index contributed by atoms with van der Waals surface area (Å²) in [6, 6.07) is 13.5. The zero-order valence-electron chi connectivity index (χ0n) is 13.5. The summed E-state index contributed by atoms with van der Waals surface area (Å²) in [6.45, 7) is -0.00559. The van der Waals surface area contributed by atoms with Gasteiger partial charge in [-0.3, -0.25) is 4.79 Å². The number of rotatable bonds is 6. The van der Waals surface area contributed by atoms with Crippen molar-refractivity contribution in [3.8, 4) is 17.1 Å². The minimum Gasteiger partial charge on any atom is -0.497 e. The molecule has 3 rings (SSSR count). The third-order valence-corrected chi connectivity index (χ3v) is 3.50. The van der Waals surface area contributed by atoms with Crippen LogP contribution in [0.3, 0.4) is 0 Å². The third-order valence-electron chi connectivity index (χ3n) is 3.50. The van der Waals surface area contributed by atoms with E-state index in [-0.39, 0.29) is 24.8 Å². The van der Waals surface area contributed by atoms with Crippen LogP contribution in [0.2, 0.25) is 0 Å². The Morgan fingerprint density at radius 1 is 1.24 bits per heavy atom. The molecule has 1 aromatic heterocycles. The molecule has 0 bridgehead atoms. The average molecular weight is 341 g/mol. The molecule has 0 atom stereocenters. The standard InChI is InChI=1S/C17H16FN5O2/c1-25-14-7-4-6-12(9-14)17-20-22-23(21-17)11-16(24)19-10-13-5-2-3-8-15(13)18/h2-9H,10-11H2,1H3,(H,19,24). The predicted molar refractivity (Wildman–Crippen MR) is 88.1 cm³/mol. The molecule has 0 saturated heterocycles. The second-order valence-electron chi connectivity index (χ2n) is 5.24. The Hall–Kier alpha value is -3.29. The number of carbonyl (C=O) groups excluding carboxylic acids is 1. The molecule has 0 spiro atoms. The van der Waals surface area contributed by atoms with Crippen molar-refractivity contribution in [3.05, 3.63) is 59.9 Å². The molecule has 25 heavy (non-hydrogen) atoms. The van der Waals surface area contributed by atoms with Crippen LogP contribution in [0.1, 0.15) is 5.56 Å².